The fraction of sp³-hybridized carbons (Fsp3) is 0.200. The molecule has 172 valence electrons. The zero-order chi connectivity index (χ0) is 23.2. The molecule has 2 aromatic heterocycles. The van der Waals surface area contributed by atoms with E-state index < -0.39 is 0 Å². The molecule has 1 aliphatic carbocycles. The first kappa shape index (κ1) is 21.1. The second kappa shape index (κ2) is 8.38. The molecule has 0 radical (unpaired) electrons. The number of nitrogens with one attached hydrogen (secondary N) is 2. The average molecular weight is 493 g/mol. The molecule has 1 aliphatic heterocycles. The van der Waals surface area contributed by atoms with E-state index >= 15 is 0 Å². The third-order valence-corrected chi connectivity index (χ3v) is 7.87. The quantitative estimate of drug-likeness (QED) is 0.397. The third-order valence-electron chi connectivity index (χ3n) is 6.18. The van der Waals surface area contributed by atoms with Gasteiger partial charge in [0, 0.05) is 19.5 Å². The molecule has 2 aromatic carbocycles. The van der Waals surface area contributed by atoms with E-state index in [2.05, 4.69) is 32.2 Å². The number of ether oxygens (including phenoxy) is 2. The number of hydrogen-bond acceptors (Lipinski definition) is 6. The van der Waals surface area contributed by atoms with Crippen molar-refractivity contribution in [2.45, 2.75) is 18.9 Å². The number of aromatic nitrogens is 3. The summed E-state index contributed by atoms with van der Waals surface area (Å²) in [6.07, 6.45) is 2.63. The molecule has 0 fully saturated rings. The largest absolute Gasteiger partial charge is 0.454 e. The van der Waals surface area contributed by atoms with Gasteiger partial charge in [0.25, 0.3) is 5.56 Å². The van der Waals surface area contributed by atoms with Crippen LogP contribution in [-0.2, 0) is 6.54 Å². The Morgan fingerprint density at radius 3 is 2.82 bits per heavy atom. The van der Waals surface area contributed by atoms with Gasteiger partial charge in [-0.15, -0.1) is 0 Å². The van der Waals surface area contributed by atoms with E-state index in [0.29, 0.717) is 23.7 Å². The minimum atomic E-state index is -0.209. The number of halogens is 1. The van der Waals surface area contributed by atoms with Crippen LogP contribution >= 0.6 is 22.9 Å². The Balaban J connectivity index is 1.35. The van der Waals surface area contributed by atoms with Crippen molar-refractivity contribution in [1.82, 2.24) is 15.2 Å². The zero-order valence-electron chi connectivity index (χ0n) is 18.3. The highest BCUT2D eigenvalue weighted by Crippen LogP contribution is 2.46. The molecule has 34 heavy (non-hydrogen) atoms. The molecule has 3 heterocycles. The van der Waals surface area contributed by atoms with Gasteiger partial charge in [-0.25, -0.2) is 4.98 Å². The van der Waals surface area contributed by atoms with Gasteiger partial charge in [0.2, 0.25) is 6.79 Å². The lowest BCUT2D eigenvalue weighted by molar-refractivity contribution is 0.174. The van der Waals surface area contributed by atoms with Crippen LogP contribution in [0, 0.1) is 0 Å². The van der Waals surface area contributed by atoms with Gasteiger partial charge in [0.05, 0.1) is 16.1 Å². The van der Waals surface area contributed by atoms with Crippen molar-refractivity contribution in [3.63, 3.8) is 0 Å². The smallest absolute Gasteiger partial charge is 0.268 e. The number of H-pyrrole nitrogens is 2. The highest BCUT2D eigenvalue weighted by atomic mass is 35.5. The number of aromatic amines is 2. The lowest BCUT2D eigenvalue weighted by atomic mass is 9.83. The van der Waals surface area contributed by atoms with Gasteiger partial charge in [0.1, 0.15) is 5.15 Å². The zero-order valence-corrected chi connectivity index (χ0v) is 19.9. The van der Waals surface area contributed by atoms with Crippen LogP contribution in [0.5, 0.6) is 11.5 Å². The third kappa shape index (κ3) is 3.69. The van der Waals surface area contributed by atoms with Gasteiger partial charge in [-0.2, -0.15) is 0 Å². The van der Waals surface area contributed by atoms with Gasteiger partial charge in [-0.05, 0) is 41.3 Å². The molecule has 4 aromatic rings. The molecule has 0 bridgehead atoms. The standard InChI is InChI=1S/C25H21ClN4O3S/c1-30(12-14-5-3-2-4-6-14)25-27-23(26)22(34-25)17-9-16(10-18-21(17)24(31)29-28-18)15-7-8-19-20(11-15)33-13-32-19/h2-8,10-11,17H,9,12-13H2,1H3,(H2,28,29,31). The maximum Gasteiger partial charge on any atom is 0.268 e. The van der Waals surface area contributed by atoms with E-state index in [0.717, 1.165) is 38.3 Å². The van der Waals surface area contributed by atoms with Crippen molar-refractivity contribution in [3.8, 4) is 11.5 Å². The van der Waals surface area contributed by atoms with E-state index in [9.17, 15) is 4.79 Å². The Bertz CT molecular complexity index is 1460. The van der Waals surface area contributed by atoms with Crippen LogP contribution in [0.1, 0.15) is 39.6 Å². The minimum absolute atomic E-state index is 0.135. The second-order valence-corrected chi connectivity index (χ2v) is 9.76. The number of fused-ring (bicyclic) bond motifs is 2. The Morgan fingerprint density at radius 2 is 1.97 bits per heavy atom. The van der Waals surface area contributed by atoms with Crippen molar-refractivity contribution in [2.75, 3.05) is 18.7 Å². The molecule has 2 N–H and O–H groups in total. The van der Waals surface area contributed by atoms with Crippen LogP contribution in [0.25, 0.3) is 11.6 Å². The van der Waals surface area contributed by atoms with Gasteiger partial charge in [-0.1, -0.05) is 59.3 Å². The van der Waals surface area contributed by atoms with Gasteiger partial charge in [0.15, 0.2) is 16.6 Å². The number of anilines is 1. The lowest BCUT2D eigenvalue weighted by Crippen LogP contribution is -2.16. The fourth-order valence-electron chi connectivity index (χ4n) is 4.52. The van der Waals surface area contributed by atoms with Crippen molar-refractivity contribution in [3.05, 3.63) is 91.3 Å². The van der Waals surface area contributed by atoms with Gasteiger partial charge in [-0.3, -0.25) is 15.0 Å². The molecular weight excluding hydrogens is 472 g/mol. The van der Waals surface area contributed by atoms with Crippen molar-refractivity contribution >= 4 is 39.7 Å². The van der Waals surface area contributed by atoms with Crippen molar-refractivity contribution in [1.29, 1.82) is 0 Å². The van der Waals surface area contributed by atoms with E-state index in [1.807, 2.05) is 49.5 Å². The summed E-state index contributed by atoms with van der Waals surface area (Å²) >= 11 is 8.21. The Hall–Kier alpha value is -3.49. The maximum atomic E-state index is 12.7. The van der Waals surface area contributed by atoms with Gasteiger partial charge < -0.3 is 14.4 Å². The number of allylic oxidation sites excluding steroid dienone is 1. The van der Waals surface area contributed by atoms with E-state index in [1.54, 1.807) is 0 Å². The van der Waals surface area contributed by atoms with Crippen molar-refractivity contribution in [2.24, 2.45) is 0 Å². The average Bonchev–Trinajstić information content (AvgIpc) is 3.57. The molecular formula is C25H21ClN4O3S. The summed E-state index contributed by atoms with van der Waals surface area (Å²) in [6.45, 7) is 0.943. The molecule has 1 atom stereocenters. The number of hydrogen-bond donors (Lipinski definition) is 2. The molecule has 0 saturated carbocycles. The van der Waals surface area contributed by atoms with Crippen molar-refractivity contribution < 1.29 is 9.47 Å². The van der Waals surface area contributed by atoms with E-state index in [-0.39, 0.29) is 18.3 Å². The number of rotatable bonds is 5. The first-order valence-corrected chi connectivity index (χ1v) is 12.1. The minimum Gasteiger partial charge on any atom is -0.454 e. The molecule has 0 spiro atoms. The molecule has 1 unspecified atom stereocenters. The predicted molar refractivity (Wildman–Crippen MR) is 134 cm³/mol. The number of nitrogens with zero attached hydrogens (tertiary/aromatic N) is 2. The first-order valence-electron chi connectivity index (χ1n) is 10.9. The van der Waals surface area contributed by atoms with Gasteiger partial charge >= 0.3 is 0 Å². The SMILES string of the molecule is CN(Cc1ccccc1)c1nc(Cl)c(C2CC(c3ccc4c(c3)OCO4)=Cc3[nH][nH]c(=O)c32)s1. The van der Waals surface area contributed by atoms with E-state index in [1.165, 1.54) is 16.9 Å². The van der Waals surface area contributed by atoms with Crippen LogP contribution in [0.15, 0.2) is 53.3 Å². The normalized spacial score (nSPS) is 16.3. The highest BCUT2D eigenvalue weighted by molar-refractivity contribution is 7.16. The van der Waals surface area contributed by atoms with Crippen LogP contribution in [-0.4, -0.2) is 29.0 Å². The summed E-state index contributed by atoms with van der Waals surface area (Å²) in [6, 6.07) is 16.1. The molecule has 2 aliphatic rings. The predicted octanol–water partition coefficient (Wildman–Crippen LogP) is 5.25. The molecule has 6 rings (SSSR count). The Labute approximate surface area is 204 Å². The summed E-state index contributed by atoms with van der Waals surface area (Å²) in [7, 11) is 2.00. The van der Waals surface area contributed by atoms with Crippen LogP contribution in [0.3, 0.4) is 0 Å². The monoisotopic (exact) mass is 492 g/mol. The maximum absolute atomic E-state index is 12.7. The molecule has 9 heteroatoms. The lowest BCUT2D eigenvalue weighted by Gasteiger charge is -2.22. The number of thiazole rings is 1. The topological polar surface area (TPSA) is 83.2 Å². The summed E-state index contributed by atoms with van der Waals surface area (Å²) in [5.74, 6) is 1.26. The Morgan fingerprint density at radius 1 is 1.15 bits per heavy atom. The molecule has 0 saturated heterocycles. The molecule has 7 nitrogen and oxygen atoms in total. The highest BCUT2D eigenvalue weighted by Gasteiger charge is 2.32. The summed E-state index contributed by atoms with van der Waals surface area (Å²) in [5.41, 5.74) is 4.60. The fourth-order valence-corrected chi connectivity index (χ4v) is 5.93. The van der Waals surface area contributed by atoms with E-state index in [4.69, 9.17) is 21.1 Å². The first-order chi connectivity index (χ1) is 16.6. The van der Waals surface area contributed by atoms with Crippen LogP contribution in [0.2, 0.25) is 5.15 Å². The summed E-state index contributed by atoms with van der Waals surface area (Å²) in [5, 5.41) is 7.01. The molecule has 0 amide bonds. The van der Waals surface area contributed by atoms with Crippen LogP contribution < -0.4 is 19.9 Å². The number of benzene rings is 2. The second-order valence-electron chi connectivity index (χ2n) is 8.39. The Kier molecular flexibility index (Phi) is 5.19. The summed E-state index contributed by atoms with van der Waals surface area (Å²) in [4.78, 5) is 20.3. The van der Waals surface area contributed by atoms with Crippen LogP contribution in [0.4, 0.5) is 5.13 Å². The summed E-state index contributed by atoms with van der Waals surface area (Å²) < 4.78 is 11.0.